The molecular weight excluding hydrogens is 405 g/mol. The predicted octanol–water partition coefficient (Wildman–Crippen LogP) is 3.38. The molecule has 2 aromatic rings. The molecule has 1 amide bonds. The zero-order valence-corrected chi connectivity index (χ0v) is 17.0. The van der Waals surface area contributed by atoms with Crippen LogP contribution in [0.3, 0.4) is 0 Å². The van der Waals surface area contributed by atoms with Crippen LogP contribution in [0.25, 0.3) is 0 Å². The van der Waals surface area contributed by atoms with Gasteiger partial charge in [-0.2, -0.15) is 0 Å². The molecule has 0 N–H and O–H groups in total. The summed E-state index contributed by atoms with van der Waals surface area (Å²) in [5.41, 5.74) is 1.39. The van der Waals surface area contributed by atoms with Crippen LogP contribution in [0.15, 0.2) is 42.5 Å². The van der Waals surface area contributed by atoms with E-state index in [0.29, 0.717) is 22.8 Å². The average Bonchev–Trinajstić information content (AvgIpc) is 2.98. The molecule has 1 aliphatic heterocycles. The first-order chi connectivity index (χ1) is 13.2. The summed E-state index contributed by atoms with van der Waals surface area (Å²) in [7, 11) is -3.18. The van der Waals surface area contributed by atoms with E-state index in [2.05, 4.69) is 0 Å². The van der Waals surface area contributed by atoms with E-state index in [4.69, 9.17) is 16.3 Å². The molecule has 1 fully saturated rings. The number of rotatable bonds is 6. The summed E-state index contributed by atoms with van der Waals surface area (Å²) in [5, 5.41) is 0.570. The number of carbonyl (C=O) groups excluding carboxylic acids is 1. The van der Waals surface area contributed by atoms with Crippen molar-refractivity contribution in [2.24, 2.45) is 0 Å². The lowest BCUT2D eigenvalue weighted by Crippen LogP contribution is -2.43. The Balaban J connectivity index is 1.76. The molecule has 0 saturated carbocycles. The smallest absolute Gasteiger partial charge is 0.261 e. The standard InChI is InChI=1S/C20H21ClFNO4S/c1-14-9-16(21)5-6-19(14)27-12-20(24)23(18-7-8-28(25,26)13-18)11-15-3-2-4-17(22)10-15/h2-6,9-10,18H,7-8,11-13H2,1H3. The second-order valence-electron chi connectivity index (χ2n) is 6.91. The van der Waals surface area contributed by atoms with Crippen molar-refractivity contribution >= 4 is 27.3 Å². The highest BCUT2D eigenvalue weighted by atomic mass is 35.5. The summed E-state index contributed by atoms with van der Waals surface area (Å²) in [6, 6.07) is 10.6. The van der Waals surface area contributed by atoms with Gasteiger partial charge in [0.25, 0.3) is 5.91 Å². The molecule has 28 heavy (non-hydrogen) atoms. The number of ether oxygens (including phenoxy) is 1. The molecule has 0 spiro atoms. The molecule has 8 heteroatoms. The van der Waals surface area contributed by atoms with Crippen molar-refractivity contribution in [1.29, 1.82) is 0 Å². The molecule has 0 aliphatic carbocycles. The van der Waals surface area contributed by atoms with Crippen molar-refractivity contribution in [2.75, 3.05) is 18.1 Å². The highest BCUT2D eigenvalue weighted by Crippen LogP contribution is 2.23. The van der Waals surface area contributed by atoms with Gasteiger partial charge in [0.05, 0.1) is 11.5 Å². The largest absolute Gasteiger partial charge is 0.483 e. The van der Waals surface area contributed by atoms with Gasteiger partial charge in [-0.3, -0.25) is 4.79 Å². The molecule has 1 atom stereocenters. The van der Waals surface area contributed by atoms with E-state index in [9.17, 15) is 17.6 Å². The molecule has 1 heterocycles. The van der Waals surface area contributed by atoms with Crippen LogP contribution >= 0.6 is 11.6 Å². The molecule has 1 unspecified atom stereocenters. The molecule has 0 aromatic heterocycles. The maximum atomic E-state index is 13.5. The van der Waals surface area contributed by atoms with E-state index in [-0.39, 0.29) is 30.6 Å². The van der Waals surface area contributed by atoms with Crippen molar-refractivity contribution in [1.82, 2.24) is 4.90 Å². The van der Waals surface area contributed by atoms with Gasteiger partial charge < -0.3 is 9.64 Å². The number of amides is 1. The Bertz CT molecular complexity index is 980. The van der Waals surface area contributed by atoms with Gasteiger partial charge in [0, 0.05) is 17.6 Å². The Kier molecular flexibility index (Phi) is 6.25. The Morgan fingerprint density at radius 3 is 2.71 bits per heavy atom. The minimum absolute atomic E-state index is 0.0434. The Morgan fingerprint density at radius 2 is 2.07 bits per heavy atom. The van der Waals surface area contributed by atoms with Crippen molar-refractivity contribution in [3.63, 3.8) is 0 Å². The third kappa shape index (κ3) is 5.23. The van der Waals surface area contributed by atoms with Gasteiger partial charge >= 0.3 is 0 Å². The number of aryl methyl sites for hydroxylation is 1. The molecule has 2 aromatic carbocycles. The SMILES string of the molecule is Cc1cc(Cl)ccc1OCC(=O)N(Cc1cccc(F)c1)C1CCS(=O)(=O)C1. The minimum Gasteiger partial charge on any atom is -0.483 e. The third-order valence-corrected chi connectivity index (χ3v) is 6.69. The normalized spacial score (nSPS) is 18.0. The van der Waals surface area contributed by atoms with Gasteiger partial charge in [0.1, 0.15) is 11.6 Å². The lowest BCUT2D eigenvalue weighted by molar-refractivity contribution is -0.136. The molecular formula is C20H21ClFNO4S. The maximum absolute atomic E-state index is 13.5. The zero-order chi connectivity index (χ0) is 20.3. The van der Waals surface area contributed by atoms with Gasteiger partial charge in [0.2, 0.25) is 0 Å². The van der Waals surface area contributed by atoms with Crippen molar-refractivity contribution in [3.05, 3.63) is 64.4 Å². The second kappa shape index (κ2) is 8.49. The third-order valence-electron chi connectivity index (χ3n) is 4.70. The van der Waals surface area contributed by atoms with Crippen LogP contribution in [0.4, 0.5) is 4.39 Å². The van der Waals surface area contributed by atoms with Crippen LogP contribution in [0.2, 0.25) is 5.02 Å². The second-order valence-corrected chi connectivity index (χ2v) is 9.57. The molecule has 1 aliphatic rings. The highest BCUT2D eigenvalue weighted by molar-refractivity contribution is 7.91. The fourth-order valence-corrected chi connectivity index (χ4v) is 5.23. The summed E-state index contributed by atoms with van der Waals surface area (Å²) in [6.45, 7) is 1.70. The van der Waals surface area contributed by atoms with Crippen molar-refractivity contribution in [3.8, 4) is 5.75 Å². The summed E-state index contributed by atoms with van der Waals surface area (Å²) < 4.78 is 42.9. The fraction of sp³-hybridized carbons (Fsp3) is 0.350. The zero-order valence-electron chi connectivity index (χ0n) is 15.4. The van der Waals surface area contributed by atoms with Gasteiger partial charge in [0.15, 0.2) is 16.4 Å². The fourth-order valence-electron chi connectivity index (χ4n) is 3.27. The average molecular weight is 426 g/mol. The number of sulfone groups is 1. The van der Waals surface area contributed by atoms with Gasteiger partial charge in [-0.05, 0) is 54.8 Å². The predicted molar refractivity (Wildman–Crippen MR) is 106 cm³/mol. The molecule has 0 radical (unpaired) electrons. The van der Waals surface area contributed by atoms with Gasteiger partial charge in [-0.25, -0.2) is 12.8 Å². The number of benzene rings is 2. The molecule has 3 rings (SSSR count). The lowest BCUT2D eigenvalue weighted by atomic mass is 10.1. The van der Waals surface area contributed by atoms with E-state index < -0.39 is 21.7 Å². The van der Waals surface area contributed by atoms with Crippen molar-refractivity contribution < 1.29 is 22.3 Å². The number of nitrogens with zero attached hydrogens (tertiary/aromatic N) is 1. The Labute approximate surface area is 169 Å². The first-order valence-corrected chi connectivity index (χ1v) is 11.1. The number of carbonyl (C=O) groups is 1. The first-order valence-electron chi connectivity index (χ1n) is 8.87. The van der Waals surface area contributed by atoms with Gasteiger partial charge in [-0.1, -0.05) is 23.7 Å². The molecule has 0 bridgehead atoms. The summed E-state index contributed by atoms with van der Waals surface area (Å²) >= 11 is 5.93. The van der Waals surface area contributed by atoms with Crippen LogP contribution < -0.4 is 4.74 Å². The van der Waals surface area contributed by atoms with E-state index in [1.807, 2.05) is 6.92 Å². The van der Waals surface area contributed by atoms with Crippen molar-refractivity contribution in [2.45, 2.75) is 25.9 Å². The highest BCUT2D eigenvalue weighted by Gasteiger charge is 2.34. The number of halogens is 2. The number of hydrogen-bond acceptors (Lipinski definition) is 4. The maximum Gasteiger partial charge on any atom is 0.261 e. The Hall–Kier alpha value is -2.12. The van der Waals surface area contributed by atoms with E-state index in [1.54, 1.807) is 30.3 Å². The van der Waals surface area contributed by atoms with Crippen LogP contribution in [0.5, 0.6) is 5.75 Å². The van der Waals surface area contributed by atoms with E-state index >= 15 is 0 Å². The van der Waals surface area contributed by atoms with Crippen LogP contribution in [-0.2, 0) is 21.2 Å². The van der Waals surface area contributed by atoms with Crippen LogP contribution in [0, 0.1) is 12.7 Å². The molecule has 1 saturated heterocycles. The van der Waals surface area contributed by atoms with E-state index in [1.165, 1.54) is 17.0 Å². The van der Waals surface area contributed by atoms with Crippen LogP contribution in [-0.4, -0.2) is 43.4 Å². The topological polar surface area (TPSA) is 63.7 Å². The molecule has 5 nitrogen and oxygen atoms in total. The van der Waals surface area contributed by atoms with Gasteiger partial charge in [-0.15, -0.1) is 0 Å². The van der Waals surface area contributed by atoms with Crippen LogP contribution in [0.1, 0.15) is 17.5 Å². The Morgan fingerprint density at radius 1 is 1.29 bits per heavy atom. The summed E-state index contributed by atoms with van der Waals surface area (Å²) in [4.78, 5) is 14.3. The molecule has 150 valence electrons. The summed E-state index contributed by atoms with van der Waals surface area (Å²) in [5.74, 6) is -0.268. The van der Waals surface area contributed by atoms with E-state index in [0.717, 1.165) is 5.56 Å². The minimum atomic E-state index is -3.18. The first kappa shape index (κ1) is 20.6. The summed E-state index contributed by atoms with van der Waals surface area (Å²) in [6.07, 6.45) is 0.364. The lowest BCUT2D eigenvalue weighted by Gasteiger charge is -2.28. The monoisotopic (exact) mass is 425 g/mol. The quantitative estimate of drug-likeness (QED) is 0.711. The number of hydrogen-bond donors (Lipinski definition) is 0.